The molecule has 158 valence electrons. The van der Waals surface area contributed by atoms with Crippen LogP contribution in [0.4, 0.5) is 5.82 Å². The highest BCUT2D eigenvalue weighted by molar-refractivity contribution is 7.99. The number of pyridine rings is 1. The van der Waals surface area contributed by atoms with Gasteiger partial charge in [-0.2, -0.15) is 0 Å². The van der Waals surface area contributed by atoms with E-state index in [-0.39, 0.29) is 22.7 Å². The Kier molecular flexibility index (Phi) is 5.57. The molecule has 2 aromatic heterocycles. The smallest absolute Gasteiger partial charge is 0.257 e. The molecule has 7 heteroatoms. The minimum atomic E-state index is -0.407. The Labute approximate surface area is 181 Å². The maximum Gasteiger partial charge on any atom is 0.257 e. The van der Waals surface area contributed by atoms with Gasteiger partial charge in [-0.3, -0.25) is 14.6 Å². The van der Waals surface area contributed by atoms with Crippen molar-refractivity contribution in [2.24, 2.45) is 17.3 Å². The zero-order chi connectivity index (χ0) is 21.5. The minimum Gasteiger partial charge on any atom is -0.343 e. The number of fused-ring (bicyclic) bond motifs is 2. The lowest BCUT2D eigenvalue weighted by Crippen LogP contribution is -2.41. The Morgan fingerprint density at radius 3 is 2.63 bits per heavy atom. The second-order valence-corrected chi connectivity index (χ2v) is 10.3. The number of carbonyl (C=O) groups excluding carboxylic acids is 1. The van der Waals surface area contributed by atoms with Crippen LogP contribution in [0.3, 0.4) is 0 Å². The van der Waals surface area contributed by atoms with Crippen LogP contribution in [0.1, 0.15) is 57.6 Å². The minimum absolute atomic E-state index is 0.146. The van der Waals surface area contributed by atoms with Gasteiger partial charge in [0.1, 0.15) is 11.6 Å². The van der Waals surface area contributed by atoms with Gasteiger partial charge in [0.05, 0.1) is 11.5 Å². The van der Waals surface area contributed by atoms with Gasteiger partial charge in [0.25, 0.3) is 5.56 Å². The molecule has 6 nitrogen and oxygen atoms in total. The van der Waals surface area contributed by atoms with Crippen molar-refractivity contribution >= 4 is 23.4 Å². The van der Waals surface area contributed by atoms with E-state index >= 15 is 0 Å². The van der Waals surface area contributed by atoms with E-state index in [0.29, 0.717) is 28.9 Å². The molecule has 0 radical (unpaired) electrons. The number of nitrogens with one attached hydrogen (secondary N) is 2. The van der Waals surface area contributed by atoms with E-state index in [0.717, 1.165) is 23.4 Å². The average Bonchev–Trinajstić information content (AvgIpc) is 2.65. The summed E-state index contributed by atoms with van der Waals surface area (Å²) in [5.74, 6) is 1.41. The van der Waals surface area contributed by atoms with Crippen LogP contribution in [0.5, 0.6) is 0 Å². The number of ketones is 1. The van der Waals surface area contributed by atoms with Gasteiger partial charge in [0, 0.05) is 36.2 Å². The van der Waals surface area contributed by atoms with E-state index in [1.807, 2.05) is 12.1 Å². The van der Waals surface area contributed by atoms with Crippen molar-refractivity contribution in [1.29, 1.82) is 0 Å². The van der Waals surface area contributed by atoms with Gasteiger partial charge in [0.15, 0.2) is 5.16 Å². The standard InChI is InChI=1S/C23H28N4O2S/c1-13(2)7-10-30-22-26-20-19(21(29)27-22)17(14-5-8-24-9-6-14)18-15(25-20)11-23(3,4)12-16(18)28/h5-6,8-9,11,13,17-18H,7,10,12H2,1-4H3,(H2,25,26,27,29)/t17-,18-/m0/s1. The summed E-state index contributed by atoms with van der Waals surface area (Å²) in [4.78, 5) is 38.2. The van der Waals surface area contributed by atoms with E-state index in [1.165, 1.54) is 0 Å². The van der Waals surface area contributed by atoms with E-state index in [4.69, 9.17) is 4.98 Å². The molecule has 2 N–H and O–H groups in total. The number of anilines is 1. The number of hydrogen-bond acceptors (Lipinski definition) is 6. The van der Waals surface area contributed by atoms with E-state index in [9.17, 15) is 9.59 Å². The topological polar surface area (TPSA) is 87.7 Å². The molecule has 1 aliphatic carbocycles. The first-order chi connectivity index (χ1) is 14.2. The number of nitrogens with zero attached hydrogens (tertiary/aromatic N) is 2. The number of H-pyrrole nitrogens is 1. The first kappa shape index (κ1) is 20.8. The second-order valence-electron chi connectivity index (χ2n) is 9.26. The molecular formula is C23H28N4O2S. The summed E-state index contributed by atoms with van der Waals surface area (Å²) >= 11 is 1.56. The summed E-state index contributed by atoms with van der Waals surface area (Å²) in [6.45, 7) is 8.48. The summed E-state index contributed by atoms with van der Waals surface area (Å²) in [5, 5.41) is 3.96. The van der Waals surface area contributed by atoms with Crippen LogP contribution in [0.15, 0.2) is 46.3 Å². The van der Waals surface area contributed by atoms with Crippen molar-refractivity contribution in [3.05, 3.63) is 57.8 Å². The molecule has 30 heavy (non-hydrogen) atoms. The average molecular weight is 425 g/mol. The van der Waals surface area contributed by atoms with Gasteiger partial charge < -0.3 is 10.3 Å². The maximum absolute atomic E-state index is 13.2. The van der Waals surface area contributed by atoms with E-state index < -0.39 is 5.92 Å². The van der Waals surface area contributed by atoms with E-state index in [2.05, 4.69) is 49.1 Å². The van der Waals surface area contributed by atoms with Crippen molar-refractivity contribution in [2.45, 2.75) is 51.6 Å². The van der Waals surface area contributed by atoms with Crippen molar-refractivity contribution < 1.29 is 4.79 Å². The van der Waals surface area contributed by atoms with Crippen LogP contribution in [0, 0.1) is 17.3 Å². The maximum atomic E-state index is 13.2. The first-order valence-corrected chi connectivity index (χ1v) is 11.4. The van der Waals surface area contributed by atoms with Crippen molar-refractivity contribution in [1.82, 2.24) is 15.0 Å². The Hall–Kier alpha value is -2.41. The van der Waals surface area contributed by atoms with Crippen LogP contribution in [0.25, 0.3) is 0 Å². The van der Waals surface area contributed by atoms with Crippen molar-refractivity contribution in [3.8, 4) is 0 Å². The van der Waals surface area contributed by atoms with Gasteiger partial charge >= 0.3 is 0 Å². The van der Waals surface area contributed by atoms with Gasteiger partial charge in [-0.25, -0.2) is 4.98 Å². The number of thioether (sulfide) groups is 1. The fourth-order valence-corrected chi connectivity index (χ4v) is 5.42. The Morgan fingerprint density at radius 2 is 1.93 bits per heavy atom. The lowest BCUT2D eigenvalue weighted by Gasteiger charge is -2.40. The zero-order valence-corrected chi connectivity index (χ0v) is 18.7. The van der Waals surface area contributed by atoms with Crippen LogP contribution in [0.2, 0.25) is 0 Å². The van der Waals surface area contributed by atoms with E-state index in [1.54, 1.807) is 24.2 Å². The summed E-state index contributed by atoms with van der Waals surface area (Å²) in [6.07, 6.45) is 7.04. The Balaban J connectivity index is 1.82. The van der Waals surface area contributed by atoms with Gasteiger partial charge in [0.2, 0.25) is 0 Å². The summed E-state index contributed by atoms with van der Waals surface area (Å²) < 4.78 is 0. The van der Waals surface area contributed by atoms with Crippen LogP contribution in [-0.4, -0.2) is 26.5 Å². The van der Waals surface area contributed by atoms with Crippen molar-refractivity contribution in [2.75, 3.05) is 11.1 Å². The predicted octanol–water partition coefficient (Wildman–Crippen LogP) is 4.36. The highest BCUT2D eigenvalue weighted by Crippen LogP contribution is 2.47. The molecule has 2 atom stereocenters. The Morgan fingerprint density at radius 1 is 1.20 bits per heavy atom. The molecule has 4 rings (SSSR count). The highest BCUT2D eigenvalue weighted by atomic mass is 32.2. The number of rotatable bonds is 5. The molecule has 0 saturated heterocycles. The molecule has 0 bridgehead atoms. The zero-order valence-electron chi connectivity index (χ0n) is 17.9. The molecule has 2 aliphatic rings. The number of carbonyl (C=O) groups is 1. The molecule has 1 aliphatic heterocycles. The molecule has 0 saturated carbocycles. The molecular weight excluding hydrogens is 396 g/mol. The summed E-state index contributed by atoms with van der Waals surface area (Å²) in [7, 11) is 0. The molecule has 3 heterocycles. The fraction of sp³-hybridized carbons (Fsp3) is 0.478. The molecule has 2 aromatic rings. The third-order valence-corrected chi connectivity index (χ3v) is 6.60. The number of hydrogen-bond donors (Lipinski definition) is 2. The largest absolute Gasteiger partial charge is 0.343 e. The van der Waals surface area contributed by atoms with Gasteiger partial charge in [-0.05, 0) is 35.4 Å². The normalized spacial score (nSPS) is 22.2. The number of aromatic amines is 1. The SMILES string of the molecule is CC(C)CCSc1nc2c(c(=O)[nH]1)[C@@H](c1ccncc1)[C@@H]1C(=O)CC(C)(C)C=C1N2. The fourth-order valence-electron chi connectivity index (χ4n) is 4.31. The summed E-state index contributed by atoms with van der Waals surface area (Å²) in [6, 6.07) is 3.77. The monoisotopic (exact) mass is 424 g/mol. The van der Waals surface area contributed by atoms with Crippen LogP contribution in [-0.2, 0) is 4.79 Å². The summed E-state index contributed by atoms with van der Waals surface area (Å²) in [5.41, 5.74) is 1.88. The highest BCUT2D eigenvalue weighted by Gasteiger charge is 2.45. The molecule has 0 unspecified atom stereocenters. The third kappa shape index (κ3) is 4.08. The number of allylic oxidation sites excluding steroid dienone is 2. The number of aromatic nitrogens is 3. The molecule has 0 spiro atoms. The third-order valence-electron chi connectivity index (χ3n) is 5.70. The molecule has 0 fully saturated rings. The Bertz CT molecular complexity index is 1040. The van der Waals surface area contributed by atoms with Crippen LogP contribution < -0.4 is 10.9 Å². The lowest BCUT2D eigenvalue weighted by atomic mass is 9.67. The van der Waals surface area contributed by atoms with Gasteiger partial charge in [-0.1, -0.05) is 45.5 Å². The molecule has 0 aromatic carbocycles. The predicted molar refractivity (Wildman–Crippen MR) is 120 cm³/mol. The van der Waals surface area contributed by atoms with Gasteiger partial charge in [-0.15, -0.1) is 0 Å². The number of Topliss-reactive ketones (excluding diaryl/α,β-unsaturated/α-hetero) is 1. The lowest BCUT2D eigenvalue weighted by molar-refractivity contribution is -0.124. The van der Waals surface area contributed by atoms with Crippen molar-refractivity contribution in [3.63, 3.8) is 0 Å². The van der Waals surface area contributed by atoms with Crippen LogP contribution >= 0.6 is 11.8 Å². The first-order valence-electron chi connectivity index (χ1n) is 10.4. The quantitative estimate of drug-likeness (QED) is 0.548. The second kappa shape index (κ2) is 8.02. The molecule has 0 amide bonds.